The zero-order chi connectivity index (χ0) is 10.2. The molecule has 1 fully saturated rings. The Morgan fingerprint density at radius 2 is 1.86 bits per heavy atom. The summed E-state index contributed by atoms with van der Waals surface area (Å²) in [6, 6.07) is 10.1. The molecule has 2 rings (SSSR count). The molecule has 1 aromatic rings. The van der Waals surface area contributed by atoms with Crippen LogP contribution in [0, 0.1) is 18.3 Å². The fourth-order valence-electron chi connectivity index (χ4n) is 1.84. The molecule has 0 atom stereocenters. The summed E-state index contributed by atoms with van der Waals surface area (Å²) in [6.07, 6.45) is 0.763. The molecule has 0 saturated heterocycles. The highest BCUT2D eigenvalue weighted by molar-refractivity contribution is 5.90. The van der Waals surface area contributed by atoms with Crippen molar-refractivity contribution < 1.29 is 4.79 Å². The highest BCUT2D eigenvalue weighted by atomic mass is 16.1. The quantitative estimate of drug-likeness (QED) is 0.672. The summed E-state index contributed by atoms with van der Waals surface area (Å²) in [6.45, 7) is 2.01. The van der Waals surface area contributed by atoms with Gasteiger partial charge in [0, 0.05) is 12.8 Å². The molecule has 70 valence electrons. The van der Waals surface area contributed by atoms with Gasteiger partial charge in [-0.1, -0.05) is 29.8 Å². The minimum Gasteiger partial charge on any atom is -0.300 e. The molecular formula is C12H11NO. The number of aryl methyl sites for hydroxylation is 1. The summed E-state index contributed by atoms with van der Waals surface area (Å²) in [5, 5.41) is 9.07. The first-order chi connectivity index (χ1) is 6.66. The summed E-state index contributed by atoms with van der Waals surface area (Å²) < 4.78 is 0. The Balaban J connectivity index is 2.35. The van der Waals surface area contributed by atoms with Gasteiger partial charge in [-0.2, -0.15) is 5.26 Å². The van der Waals surface area contributed by atoms with Crippen LogP contribution in [-0.2, 0) is 10.2 Å². The fraction of sp³-hybridized carbons (Fsp3) is 0.333. The van der Waals surface area contributed by atoms with Gasteiger partial charge in [-0.3, -0.25) is 4.79 Å². The van der Waals surface area contributed by atoms with E-state index in [4.69, 9.17) is 5.26 Å². The number of benzene rings is 1. The van der Waals surface area contributed by atoms with Crippen LogP contribution < -0.4 is 0 Å². The van der Waals surface area contributed by atoms with E-state index in [1.165, 1.54) is 5.56 Å². The molecule has 0 bridgehead atoms. The topological polar surface area (TPSA) is 40.9 Å². The molecule has 0 unspecified atom stereocenters. The van der Waals surface area contributed by atoms with Crippen LogP contribution in [0.25, 0.3) is 0 Å². The van der Waals surface area contributed by atoms with Crippen molar-refractivity contribution in [3.8, 4) is 6.07 Å². The Hall–Kier alpha value is -1.62. The van der Waals surface area contributed by atoms with E-state index < -0.39 is 5.41 Å². The lowest BCUT2D eigenvalue weighted by Crippen LogP contribution is -2.40. The Morgan fingerprint density at radius 1 is 1.29 bits per heavy atom. The van der Waals surface area contributed by atoms with E-state index in [2.05, 4.69) is 6.07 Å². The van der Waals surface area contributed by atoms with Crippen LogP contribution in [0.15, 0.2) is 24.3 Å². The first-order valence-corrected chi connectivity index (χ1v) is 4.66. The van der Waals surface area contributed by atoms with Crippen LogP contribution in [0.5, 0.6) is 0 Å². The van der Waals surface area contributed by atoms with E-state index in [0.29, 0.717) is 12.8 Å². The summed E-state index contributed by atoms with van der Waals surface area (Å²) in [7, 11) is 0. The molecule has 0 radical (unpaired) electrons. The molecule has 0 N–H and O–H groups in total. The average molecular weight is 185 g/mol. The first kappa shape index (κ1) is 8.96. The van der Waals surface area contributed by atoms with Crippen LogP contribution in [0.2, 0.25) is 0 Å². The average Bonchev–Trinajstić information content (AvgIpc) is 2.14. The number of ketones is 1. The van der Waals surface area contributed by atoms with E-state index >= 15 is 0 Å². The molecule has 1 aliphatic carbocycles. The highest BCUT2D eigenvalue weighted by Gasteiger charge is 2.45. The lowest BCUT2D eigenvalue weighted by atomic mass is 9.65. The SMILES string of the molecule is Cc1ccc(C2(C#N)CC(=O)C2)cc1. The number of Topliss-reactive ketones (excluding diaryl/α,β-unsaturated/α-hetero) is 1. The van der Waals surface area contributed by atoms with Crippen molar-refractivity contribution in [3.63, 3.8) is 0 Å². The van der Waals surface area contributed by atoms with Crippen LogP contribution in [0.4, 0.5) is 0 Å². The summed E-state index contributed by atoms with van der Waals surface area (Å²) in [5.41, 5.74) is 1.63. The van der Waals surface area contributed by atoms with Crippen molar-refractivity contribution in [2.24, 2.45) is 0 Å². The molecule has 0 aromatic heterocycles. The number of carbonyl (C=O) groups is 1. The van der Waals surface area contributed by atoms with Crippen molar-refractivity contribution >= 4 is 5.78 Å². The second-order valence-electron chi connectivity index (χ2n) is 3.95. The van der Waals surface area contributed by atoms with Crippen LogP contribution >= 0.6 is 0 Å². The molecule has 2 nitrogen and oxygen atoms in total. The number of nitriles is 1. The maximum atomic E-state index is 11.0. The van der Waals surface area contributed by atoms with Gasteiger partial charge in [-0.15, -0.1) is 0 Å². The molecule has 14 heavy (non-hydrogen) atoms. The van der Waals surface area contributed by atoms with Gasteiger partial charge in [-0.05, 0) is 12.5 Å². The standard InChI is InChI=1S/C12H11NO/c1-9-2-4-10(5-3-9)12(8-13)6-11(14)7-12/h2-5H,6-7H2,1H3. The molecular weight excluding hydrogens is 174 g/mol. The van der Waals surface area contributed by atoms with Gasteiger partial charge >= 0.3 is 0 Å². The van der Waals surface area contributed by atoms with Crippen molar-refractivity contribution in [3.05, 3.63) is 35.4 Å². The van der Waals surface area contributed by atoms with Crippen LogP contribution in [-0.4, -0.2) is 5.78 Å². The first-order valence-electron chi connectivity index (χ1n) is 4.66. The Bertz CT molecular complexity index is 403. The van der Waals surface area contributed by atoms with Gasteiger partial charge in [-0.25, -0.2) is 0 Å². The lowest BCUT2D eigenvalue weighted by molar-refractivity contribution is -0.126. The molecule has 0 spiro atoms. The van der Waals surface area contributed by atoms with E-state index in [9.17, 15) is 4.79 Å². The molecule has 2 heteroatoms. The molecule has 0 heterocycles. The smallest absolute Gasteiger partial charge is 0.136 e. The molecule has 1 aliphatic rings. The van der Waals surface area contributed by atoms with E-state index in [1.807, 2.05) is 31.2 Å². The van der Waals surface area contributed by atoms with Crippen molar-refractivity contribution in [1.29, 1.82) is 5.26 Å². The number of hydrogen-bond acceptors (Lipinski definition) is 2. The lowest BCUT2D eigenvalue weighted by Gasteiger charge is -2.34. The Morgan fingerprint density at radius 3 is 2.29 bits per heavy atom. The van der Waals surface area contributed by atoms with Gasteiger partial charge in [0.15, 0.2) is 0 Å². The van der Waals surface area contributed by atoms with E-state index in [0.717, 1.165) is 5.56 Å². The molecule has 1 saturated carbocycles. The zero-order valence-electron chi connectivity index (χ0n) is 8.08. The number of rotatable bonds is 1. The summed E-state index contributed by atoms with van der Waals surface area (Å²) in [4.78, 5) is 11.0. The second-order valence-corrected chi connectivity index (χ2v) is 3.95. The maximum Gasteiger partial charge on any atom is 0.136 e. The predicted molar refractivity (Wildman–Crippen MR) is 52.7 cm³/mol. The largest absolute Gasteiger partial charge is 0.300 e. The third kappa shape index (κ3) is 1.22. The number of carbonyl (C=O) groups excluding carboxylic acids is 1. The third-order valence-electron chi connectivity index (χ3n) is 2.82. The van der Waals surface area contributed by atoms with Crippen molar-refractivity contribution in [2.45, 2.75) is 25.2 Å². The zero-order valence-corrected chi connectivity index (χ0v) is 8.08. The minimum absolute atomic E-state index is 0.187. The predicted octanol–water partition coefficient (Wildman–Crippen LogP) is 2.12. The van der Waals surface area contributed by atoms with Crippen molar-refractivity contribution in [1.82, 2.24) is 0 Å². The third-order valence-corrected chi connectivity index (χ3v) is 2.82. The Kier molecular flexibility index (Phi) is 1.89. The maximum absolute atomic E-state index is 11.0. The van der Waals surface area contributed by atoms with Crippen LogP contribution in [0.1, 0.15) is 24.0 Å². The fourth-order valence-corrected chi connectivity index (χ4v) is 1.84. The second kappa shape index (κ2) is 2.95. The molecule has 1 aromatic carbocycles. The number of nitrogens with zero attached hydrogens (tertiary/aromatic N) is 1. The molecule has 0 amide bonds. The van der Waals surface area contributed by atoms with Crippen LogP contribution in [0.3, 0.4) is 0 Å². The van der Waals surface area contributed by atoms with Gasteiger partial charge in [0.05, 0.1) is 11.5 Å². The van der Waals surface area contributed by atoms with Gasteiger partial charge in [0.25, 0.3) is 0 Å². The Labute approximate surface area is 83.2 Å². The van der Waals surface area contributed by atoms with E-state index in [1.54, 1.807) is 0 Å². The minimum atomic E-state index is -0.523. The number of hydrogen-bond donors (Lipinski definition) is 0. The van der Waals surface area contributed by atoms with Gasteiger partial charge in [0.1, 0.15) is 5.78 Å². The van der Waals surface area contributed by atoms with Gasteiger partial charge in [0.2, 0.25) is 0 Å². The summed E-state index contributed by atoms with van der Waals surface area (Å²) in [5.74, 6) is 0.187. The van der Waals surface area contributed by atoms with Gasteiger partial charge < -0.3 is 0 Å². The summed E-state index contributed by atoms with van der Waals surface area (Å²) >= 11 is 0. The molecule has 0 aliphatic heterocycles. The normalized spacial score (nSPS) is 18.4. The monoisotopic (exact) mass is 185 g/mol. The highest BCUT2D eigenvalue weighted by Crippen LogP contribution is 2.40. The van der Waals surface area contributed by atoms with Crippen molar-refractivity contribution in [2.75, 3.05) is 0 Å². The van der Waals surface area contributed by atoms with E-state index in [-0.39, 0.29) is 5.78 Å².